The average molecular weight is 613 g/mol. The Balaban J connectivity index is 0.000000337. The molecule has 246 valence electrons. The number of carboxylic acid groups (broad SMARTS) is 1. The third kappa shape index (κ3) is 15.3. The van der Waals surface area contributed by atoms with Crippen LogP contribution in [0.4, 0.5) is 4.79 Å². The van der Waals surface area contributed by atoms with Crippen LogP contribution < -0.4 is 0 Å². The number of carbonyl (C=O) groups is 3. The second-order valence-electron chi connectivity index (χ2n) is 12.4. The fourth-order valence-corrected chi connectivity index (χ4v) is 5.12. The summed E-state index contributed by atoms with van der Waals surface area (Å²) < 4.78 is 4.36. The lowest BCUT2D eigenvalue weighted by Gasteiger charge is -2.29. The third-order valence-electron chi connectivity index (χ3n) is 7.93. The van der Waals surface area contributed by atoms with E-state index in [2.05, 4.69) is 56.5 Å². The van der Waals surface area contributed by atoms with Gasteiger partial charge >= 0.3 is 12.0 Å². The molecule has 0 atom stereocenters. The lowest BCUT2D eigenvalue weighted by atomic mass is 9.77. The molecule has 0 saturated carbocycles. The molecule has 0 spiro atoms. The maximum Gasteiger partial charge on any atom is 0.338 e. The molecular weight excluding hydrogens is 556 g/mol. The second-order valence-corrected chi connectivity index (χ2v) is 12.4. The molecule has 0 aromatic carbocycles. The summed E-state index contributed by atoms with van der Waals surface area (Å²) in [6.45, 7) is 13.1. The first-order valence-corrected chi connectivity index (χ1v) is 16.3. The Morgan fingerprint density at radius 1 is 0.591 bits per heavy atom. The number of rotatable bonds is 16. The monoisotopic (exact) mass is 612 g/mol. The highest BCUT2D eigenvalue weighted by Crippen LogP contribution is 2.35. The number of imidazole rings is 3. The minimum absolute atomic E-state index is 0.0256. The van der Waals surface area contributed by atoms with Gasteiger partial charge in [0, 0.05) is 43.6 Å². The van der Waals surface area contributed by atoms with E-state index < -0.39 is 5.97 Å². The molecule has 3 heterocycles. The molecular formula is C34H56N6O4. The van der Waals surface area contributed by atoms with Crippen molar-refractivity contribution >= 4 is 17.9 Å². The van der Waals surface area contributed by atoms with Crippen LogP contribution in [0.5, 0.6) is 0 Å². The zero-order valence-corrected chi connectivity index (χ0v) is 28.0. The normalized spacial score (nSPS) is 11.2. The fraction of sp³-hybridized carbons (Fsp3) is 0.647. The van der Waals surface area contributed by atoms with Crippen LogP contribution in [0.25, 0.3) is 0 Å². The number of hydrogen-bond donors (Lipinski definition) is 1. The zero-order chi connectivity index (χ0) is 32.8. The van der Waals surface area contributed by atoms with Gasteiger partial charge in [0.2, 0.25) is 5.91 Å². The number of carboxylic acids is 1. The summed E-state index contributed by atoms with van der Waals surface area (Å²) in [6, 6.07) is -0.190. The summed E-state index contributed by atoms with van der Waals surface area (Å²) in [7, 11) is 0. The van der Waals surface area contributed by atoms with Crippen molar-refractivity contribution in [3.8, 4) is 0 Å². The van der Waals surface area contributed by atoms with E-state index in [-0.39, 0.29) is 22.8 Å². The number of carbonyl (C=O) groups excluding carboxylic acids is 2. The number of aromatic nitrogens is 6. The zero-order valence-electron chi connectivity index (χ0n) is 28.0. The van der Waals surface area contributed by atoms with Crippen molar-refractivity contribution in [1.82, 2.24) is 28.7 Å². The summed E-state index contributed by atoms with van der Waals surface area (Å²) >= 11 is 0. The lowest BCUT2D eigenvalue weighted by Crippen LogP contribution is -2.24. The highest BCUT2D eigenvalue weighted by Gasteiger charge is 2.27. The average Bonchev–Trinajstić information content (AvgIpc) is 3.81. The highest BCUT2D eigenvalue weighted by atomic mass is 16.4. The molecule has 3 rings (SSSR count). The molecule has 0 saturated heterocycles. The Hall–Kier alpha value is -3.56. The molecule has 0 fully saturated rings. The van der Waals surface area contributed by atoms with Gasteiger partial charge < -0.3 is 5.11 Å². The number of aliphatic carboxylic acids is 1. The van der Waals surface area contributed by atoms with Gasteiger partial charge in [0.1, 0.15) is 19.0 Å². The van der Waals surface area contributed by atoms with Crippen LogP contribution in [0.1, 0.15) is 136 Å². The predicted octanol–water partition coefficient (Wildman–Crippen LogP) is 8.74. The Bertz CT molecular complexity index is 1100. The van der Waals surface area contributed by atoms with E-state index in [0.717, 1.165) is 51.4 Å². The van der Waals surface area contributed by atoms with E-state index in [0.29, 0.717) is 12.8 Å². The molecule has 0 aliphatic rings. The van der Waals surface area contributed by atoms with Gasteiger partial charge in [-0.25, -0.2) is 19.7 Å². The van der Waals surface area contributed by atoms with Gasteiger partial charge in [-0.3, -0.25) is 23.3 Å². The maximum atomic E-state index is 12.2. The van der Waals surface area contributed by atoms with Gasteiger partial charge in [-0.2, -0.15) is 0 Å². The van der Waals surface area contributed by atoms with E-state index in [1.54, 1.807) is 48.1 Å². The Morgan fingerprint density at radius 2 is 0.932 bits per heavy atom. The molecule has 0 aliphatic heterocycles. The van der Waals surface area contributed by atoms with Crippen molar-refractivity contribution in [3.05, 3.63) is 56.2 Å². The van der Waals surface area contributed by atoms with Crippen LogP contribution in [-0.4, -0.2) is 51.7 Å². The van der Waals surface area contributed by atoms with E-state index >= 15 is 0 Å². The fourth-order valence-electron chi connectivity index (χ4n) is 5.12. The SMILES string of the molecule is CCCCC(C)(CCCC)CC(=O)O.CCCCC(C)(CCCC)CC(=O)n1ccnc1.O=C(n1ccnc1)n1ccnc1. The van der Waals surface area contributed by atoms with Crippen LogP contribution in [0.2, 0.25) is 0 Å². The molecule has 0 radical (unpaired) electrons. The summed E-state index contributed by atoms with van der Waals surface area (Å²) in [5.41, 5.74) is 0.172. The first kappa shape index (κ1) is 38.5. The molecule has 0 amide bonds. The topological polar surface area (TPSA) is 125 Å². The van der Waals surface area contributed by atoms with Crippen LogP contribution >= 0.6 is 0 Å². The first-order chi connectivity index (χ1) is 21.0. The van der Waals surface area contributed by atoms with Gasteiger partial charge in [0.05, 0.1) is 6.42 Å². The quantitative estimate of drug-likeness (QED) is 0.171. The minimum Gasteiger partial charge on any atom is -0.481 e. The van der Waals surface area contributed by atoms with Crippen LogP contribution in [-0.2, 0) is 4.79 Å². The van der Waals surface area contributed by atoms with Crippen molar-refractivity contribution in [2.75, 3.05) is 0 Å². The van der Waals surface area contributed by atoms with E-state index in [1.807, 2.05) is 0 Å². The number of unbranched alkanes of at least 4 members (excludes halogenated alkanes) is 4. The van der Waals surface area contributed by atoms with Crippen molar-refractivity contribution in [3.63, 3.8) is 0 Å². The van der Waals surface area contributed by atoms with Gasteiger partial charge in [0.25, 0.3) is 0 Å². The van der Waals surface area contributed by atoms with Crippen molar-refractivity contribution < 1.29 is 19.5 Å². The summed E-state index contributed by atoms with van der Waals surface area (Å²) in [5, 5.41) is 8.85. The summed E-state index contributed by atoms with van der Waals surface area (Å²) in [6.07, 6.45) is 28.9. The van der Waals surface area contributed by atoms with E-state index in [4.69, 9.17) is 5.11 Å². The molecule has 44 heavy (non-hydrogen) atoms. The van der Waals surface area contributed by atoms with Crippen molar-refractivity contribution in [1.29, 1.82) is 0 Å². The molecule has 1 N–H and O–H groups in total. The predicted molar refractivity (Wildman–Crippen MR) is 175 cm³/mol. The Morgan fingerprint density at radius 3 is 1.23 bits per heavy atom. The lowest BCUT2D eigenvalue weighted by molar-refractivity contribution is -0.139. The summed E-state index contributed by atoms with van der Waals surface area (Å²) in [5.74, 6) is -0.484. The van der Waals surface area contributed by atoms with Crippen molar-refractivity contribution in [2.45, 2.75) is 131 Å². The molecule has 0 aliphatic carbocycles. The molecule has 0 bridgehead atoms. The van der Waals surface area contributed by atoms with Crippen LogP contribution in [0.3, 0.4) is 0 Å². The third-order valence-corrected chi connectivity index (χ3v) is 7.93. The van der Waals surface area contributed by atoms with Gasteiger partial charge in [-0.1, -0.05) is 92.9 Å². The summed E-state index contributed by atoms with van der Waals surface area (Å²) in [4.78, 5) is 45.8. The van der Waals surface area contributed by atoms with Crippen LogP contribution in [0, 0.1) is 10.8 Å². The molecule has 0 unspecified atom stereocenters. The minimum atomic E-state index is -0.653. The largest absolute Gasteiger partial charge is 0.481 e. The Kier molecular flexibility index (Phi) is 18.5. The molecule has 3 aromatic rings. The highest BCUT2D eigenvalue weighted by molar-refractivity contribution is 5.79. The molecule has 10 heteroatoms. The van der Waals surface area contributed by atoms with Gasteiger partial charge in [0.15, 0.2) is 0 Å². The van der Waals surface area contributed by atoms with E-state index in [9.17, 15) is 14.4 Å². The number of nitrogens with zero attached hydrogens (tertiary/aromatic N) is 6. The smallest absolute Gasteiger partial charge is 0.338 e. The van der Waals surface area contributed by atoms with Gasteiger partial charge in [-0.15, -0.1) is 0 Å². The Labute approximate surface area is 264 Å². The van der Waals surface area contributed by atoms with Crippen molar-refractivity contribution in [2.24, 2.45) is 10.8 Å². The standard InChI is InChI=1S/C15H26N2O.C12H24O2.C7H6N4O/c1-4-6-8-15(3,9-7-5-2)12-14(18)17-11-10-16-13-17;1-4-6-8-12(3,9-7-5-2)10-11(13)14;12-7(10-3-1-8-5-10)11-4-2-9-6-11/h10-11,13H,4-9,12H2,1-3H3;4-10H2,1-3H3,(H,13,14);1-6H. The molecule has 3 aromatic heterocycles. The first-order valence-electron chi connectivity index (χ1n) is 16.3. The number of hydrogen-bond acceptors (Lipinski definition) is 6. The molecule has 10 nitrogen and oxygen atoms in total. The van der Waals surface area contributed by atoms with Crippen LogP contribution in [0.15, 0.2) is 56.2 Å². The second kappa shape index (κ2) is 21.2. The van der Waals surface area contributed by atoms with E-state index in [1.165, 1.54) is 47.5 Å². The maximum absolute atomic E-state index is 12.2. The van der Waals surface area contributed by atoms with Gasteiger partial charge in [-0.05, 0) is 36.5 Å².